The fraction of sp³-hybridized carbons (Fsp3) is 0.276. The molecule has 2 aromatic heterocycles. The van der Waals surface area contributed by atoms with Crippen LogP contribution in [0.4, 0.5) is 0 Å². The molecule has 0 aliphatic carbocycles. The first-order valence-electron chi connectivity index (χ1n) is 12.0. The molecule has 7 heteroatoms. The summed E-state index contributed by atoms with van der Waals surface area (Å²) in [6.45, 7) is 6.99. The number of benzene rings is 2. The Balaban J connectivity index is 1.64. The number of aromatic nitrogens is 1. The topological polar surface area (TPSA) is 72.6 Å². The molecule has 5 rings (SSSR count). The highest BCUT2D eigenvalue weighted by Crippen LogP contribution is 2.40. The molecule has 0 saturated heterocycles. The summed E-state index contributed by atoms with van der Waals surface area (Å²) >= 11 is 6.34. The Morgan fingerprint density at radius 2 is 1.97 bits per heavy atom. The monoisotopic (exact) mass is 502 g/mol. The molecular formula is C29H27ClN2O4. The fourth-order valence-corrected chi connectivity index (χ4v) is 4.69. The molecule has 0 fully saturated rings. The van der Waals surface area contributed by atoms with Crippen molar-refractivity contribution in [2.75, 3.05) is 6.61 Å². The summed E-state index contributed by atoms with van der Waals surface area (Å²) in [6.07, 6.45) is 4.33. The molecule has 0 saturated carbocycles. The summed E-state index contributed by atoms with van der Waals surface area (Å²) in [4.78, 5) is 33.3. The average molecular weight is 503 g/mol. The normalized spacial score (nSPS) is 15.1. The second-order valence-corrected chi connectivity index (χ2v) is 9.98. The van der Waals surface area contributed by atoms with E-state index in [1.165, 1.54) is 0 Å². The Kier molecular flexibility index (Phi) is 6.54. The predicted molar refractivity (Wildman–Crippen MR) is 140 cm³/mol. The Morgan fingerprint density at radius 3 is 2.72 bits per heavy atom. The number of aryl methyl sites for hydroxylation is 1. The summed E-state index contributed by atoms with van der Waals surface area (Å²) < 4.78 is 12.1. The van der Waals surface area contributed by atoms with Crippen molar-refractivity contribution in [3.05, 3.63) is 104 Å². The molecular weight excluding hydrogens is 476 g/mol. The van der Waals surface area contributed by atoms with Crippen LogP contribution in [0.2, 0.25) is 5.02 Å². The number of carbonyl (C=O) groups is 1. The van der Waals surface area contributed by atoms with E-state index in [9.17, 15) is 9.59 Å². The molecule has 4 aromatic rings. The zero-order valence-corrected chi connectivity index (χ0v) is 21.2. The van der Waals surface area contributed by atoms with Crippen LogP contribution >= 0.6 is 11.6 Å². The number of fused-ring (bicyclic) bond motifs is 2. The van der Waals surface area contributed by atoms with E-state index in [0.29, 0.717) is 39.8 Å². The van der Waals surface area contributed by atoms with Gasteiger partial charge in [0, 0.05) is 24.0 Å². The highest BCUT2D eigenvalue weighted by Gasteiger charge is 2.43. The maximum Gasteiger partial charge on any atom is 0.291 e. The van der Waals surface area contributed by atoms with Gasteiger partial charge in [0.25, 0.3) is 5.91 Å². The van der Waals surface area contributed by atoms with E-state index >= 15 is 0 Å². The van der Waals surface area contributed by atoms with Crippen molar-refractivity contribution < 1.29 is 13.9 Å². The summed E-state index contributed by atoms with van der Waals surface area (Å²) in [7, 11) is 0. The predicted octanol–water partition coefficient (Wildman–Crippen LogP) is 6.32. The number of ether oxygens (including phenoxy) is 1. The number of hydrogen-bond acceptors (Lipinski definition) is 5. The molecule has 1 aliphatic heterocycles. The molecule has 6 nitrogen and oxygen atoms in total. The summed E-state index contributed by atoms with van der Waals surface area (Å²) in [6, 6.07) is 14.0. The van der Waals surface area contributed by atoms with Gasteiger partial charge >= 0.3 is 0 Å². The minimum absolute atomic E-state index is 0.0641. The molecule has 36 heavy (non-hydrogen) atoms. The second-order valence-electron chi connectivity index (χ2n) is 9.57. The molecule has 2 aromatic carbocycles. The molecule has 1 atom stereocenters. The molecule has 1 amide bonds. The zero-order chi connectivity index (χ0) is 25.4. The lowest BCUT2D eigenvalue weighted by atomic mass is 9.98. The lowest BCUT2D eigenvalue weighted by Crippen LogP contribution is -2.29. The third-order valence-electron chi connectivity index (χ3n) is 6.46. The SMILES string of the molecule is Cc1cc2oc3c(c(=O)c2cc1Cl)C(c1cccc(OCCC(C)C)c1)N(Cc1cccnc1)C3=O. The lowest BCUT2D eigenvalue weighted by molar-refractivity contribution is 0.0714. The van der Waals surface area contributed by atoms with Gasteiger partial charge in [0.2, 0.25) is 5.76 Å². The van der Waals surface area contributed by atoms with E-state index in [1.54, 1.807) is 29.4 Å². The van der Waals surface area contributed by atoms with Crippen LogP contribution in [0, 0.1) is 12.8 Å². The Hall–Kier alpha value is -3.64. The van der Waals surface area contributed by atoms with Gasteiger partial charge in [-0.3, -0.25) is 14.6 Å². The van der Waals surface area contributed by atoms with Gasteiger partial charge in [-0.05, 0) is 66.3 Å². The van der Waals surface area contributed by atoms with Crippen LogP contribution in [-0.4, -0.2) is 22.4 Å². The third kappa shape index (κ3) is 4.49. The van der Waals surface area contributed by atoms with Crippen molar-refractivity contribution in [3.63, 3.8) is 0 Å². The van der Waals surface area contributed by atoms with Crippen LogP contribution in [0.15, 0.2) is 70.1 Å². The fourth-order valence-electron chi connectivity index (χ4n) is 4.53. The first-order valence-corrected chi connectivity index (χ1v) is 12.4. The van der Waals surface area contributed by atoms with Gasteiger partial charge < -0.3 is 14.1 Å². The molecule has 0 spiro atoms. The molecule has 1 unspecified atom stereocenters. The first kappa shape index (κ1) is 24.1. The van der Waals surface area contributed by atoms with Crippen LogP contribution < -0.4 is 10.2 Å². The number of nitrogens with zero attached hydrogens (tertiary/aromatic N) is 2. The number of halogens is 1. The minimum Gasteiger partial charge on any atom is -0.494 e. The van der Waals surface area contributed by atoms with Crippen LogP contribution in [-0.2, 0) is 6.54 Å². The van der Waals surface area contributed by atoms with E-state index in [0.717, 1.165) is 23.1 Å². The number of carbonyl (C=O) groups excluding carboxylic acids is 1. The van der Waals surface area contributed by atoms with E-state index in [1.807, 2.05) is 43.3 Å². The maximum atomic E-state index is 13.8. The standard InChI is InChI=1S/C29H27ClN2O4/c1-17(2)9-11-35-21-8-4-7-20(13-21)26-25-27(33)22-14-23(30)18(3)12-24(22)36-28(25)29(34)32(26)16-19-6-5-10-31-15-19/h4-8,10,12-15,17,26H,9,11,16H2,1-3H3. The summed E-state index contributed by atoms with van der Waals surface area (Å²) in [5.41, 5.74) is 2.80. The largest absolute Gasteiger partial charge is 0.494 e. The molecule has 184 valence electrons. The number of rotatable bonds is 7. The molecule has 3 heterocycles. The Bertz CT molecular complexity index is 1500. The van der Waals surface area contributed by atoms with Crippen molar-refractivity contribution in [2.24, 2.45) is 5.92 Å². The van der Waals surface area contributed by atoms with Gasteiger partial charge in [-0.2, -0.15) is 0 Å². The minimum atomic E-state index is -0.637. The summed E-state index contributed by atoms with van der Waals surface area (Å²) in [5.74, 6) is 0.945. The highest BCUT2D eigenvalue weighted by molar-refractivity contribution is 6.32. The molecule has 1 aliphatic rings. The van der Waals surface area contributed by atoms with Crippen LogP contribution in [0.1, 0.15) is 59.1 Å². The average Bonchev–Trinajstić information content (AvgIpc) is 3.13. The van der Waals surface area contributed by atoms with Gasteiger partial charge in [0.05, 0.1) is 23.6 Å². The number of pyridine rings is 1. The van der Waals surface area contributed by atoms with Gasteiger partial charge in [-0.15, -0.1) is 0 Å². The quantitative estimate of drug-likeness (QED) is 0.295. The van der Waals surface area contributed by atoms with E-state index in [2.05, 4.69) is 18.8 Å². The van der Waals surface area contributed by atoms with Crippen LogP contribution in [0.25, 0.3) is 11.0 Å². The van der Waals surface area contributed by atoms with E-state index in [-0.39, 0.29) is 23.6 Å². The van der Waals surface area contributed by atoms with Crippen LogP contribution in [0.5, 0.6) is 5.75 Å². The second kappa shape index (κ2) is 9.78. The van der Waals surface area contributed by atoms with Gasteiger partial charge in [0.1, 0.15) is 11.3 Å². The highest BCUT2D eigenvalue weighted by atomic mass is 35.5. The number of amides is 1. The van der Waals surface area contributed by atoms with Crippen molar-refractivity contribution >= 4 is 28.5 Å². The van der Waals surface area contributed by atoms with Crippen molar-refractivity contribution in [2.45, 2.75) is 39.8 Å². The third-order valence-corrected chi connectivity index (χ3v) is 6.87. The zero-order valence-electron chi connectivity index (χ0n) is 20.5. The van der Waals surface area contributed by atoms with Crippen LogP contribution in [0.3, 0.4) is 0 Å². The smallest absolute Gasteiger partial charge is 0.291 e. The summed E-state index contributed by atoms with van der Waals surface area (Å²) in [5, 5.41) is 0.832. The van der Waals surface area contributed by atoms with E-state index < -0.39 is 6.04 Å². The Morgan fingerprint density at radius 1 is 1.14 bits per heavy atom. The van der Waals surface area contributed by atoms with Crippen molar-refractivity contribution in [1.82, 2.24) is 9.88 Å². The number of hydrogen-bond donors (Lipinski definition) is 0. The van der Waals surface area contributed by atoms with Gasteiger partial charge in [-0.1, -0.05) is 43.6 Å². The van der Waals surface area contributed by atoms with Crippen molar-refractivity contribution in [3.8, 4) is 5.75 Å². The first-order chi connectivity index (χ1) is 17.3. The maximum absolute atomic E-state index is 13.8. The van der Waals surface area contributed by atoms with Gasteiger partial charge in [-0.25, -0.2) is 0 Å². The molecule has 0 N–H and O–H groups in total. The Labute approximate surface area is 214 Å². The lowest BCUT2D eigenvalue weighted by Gasteiger charge is -2.25. The molecule has 0 bridgehead atoms. The molecule has 0 radical (unpaired) electrons. The van der Waals surface area contributed by atoms with Crippen molar-refractivity contribution in [1.29, 1.82) is 0 Å². The van der Waals surface area contributed by atoms with E-state index in [4.69, 9.17) is 20.8 Å². The van der Waals surface area contributed by atoms with Gasteiger partial charge in [0.15, 0.2) is 5.43 Å².